The summed E-state index contributed by atoms with van der Waals surface area (Å²) in [6, 6.07) is 4.73. The summed E-state index contributed by atoms with van der Waals surface area (Å²) in [5.74, 6) is 0. The monoisotopic (exact) mass is 296 g/mol. The van der Waals surface area contributed by atoms with Gasteiger partial charge in [0.2, 0.25) is 0 Å². The van der Waals surface area contributed by atoms with Crippen LogP contribution in [0.5, 0.6) is 0 Å². The number of aliphatic hydroxyl groups is 1. The fourth-order valence-electron chi connectivity index (χ4n) is 2.01. The lowest BCUT2D eigenvalue weighted by Crippen LogP contribution is -2.18. The molecule has 0 atom stereocenters. The van der Waals surface area contributed by atoms with Crippen molar-refractivity contribution in [1.29, 1.82) is 0 Å². The average molecular weight is 296 g/mol. The summed E-state index contributed by atoms with van der Waals surface area (Å²) in [6.07, 6.45) is 1.82. The lowest BCUT2D eigenvalue weighted by atomic mass is 9.89. The molecular formula is C15H24N2O4. The molecule has 21 heavy (non-hydrogen) atoms. The van der Waals surface area contributed by atoms with Crippen molar-refractivity contribution in [3.63, 3.8) is 0 Å². The van der Waals surface area contributed by atoms with Gasteiger partial charge in [-0.15, -0.1) is 0 Å². The number of hydrogen-bond acceptors (Lipinski definition) is 5. The highest BCUT2D eigenvalue weighted by molar-refractivity contribution is 5.55. The number of nitro groups is 1. The molecule has 2 N–H and O–H groups in total. The number of non-ortho nitro benzene ring substituents is 1. The molecular weight excluding hydrogens is 272 g/mol. The molecule has 0 saturated heterocycles. The number of benzene rings is 1. The van der Waals surface area contributed by atoms with Gasteiger partial charge in [-0.3, -0.25) is 10.1 Å². The second-order valence-corrected chi connectivity index (χ2v) is 5.88. The van der Waals surface area contributed by atoms with E-state index in [0.717, 1.165) is 30.6 Å². The Hall–Kier alpha value is -1.66. The van der Waals surface area contributed by atoms with E-state index in [1.54, 1.807) is 13.2 Å². The highest BCUT2D eigenvalue weighted by atomic mass is 16.6. The zero-order valence-corrected chi connectivity index (χ0v) is 12.9. The molecule has 1 aromatic rings. The lowest BCUT2D eigenvalue weighted by Gasteiger charge is -2.21. The first-order valence-electron chi connectivity index (χ1n) is 7.00. The zero-order valence-electron chi connectivity index (χ0n) is 12.9. The molecule has 0 radical (unpaired) electrons. The van der Waals surface area contributed by atoms with Crippen LogP contribution in [0.3, 0.4) is 0 Å². The van der Waals surface area contributed by atoms with Gasteiger partial charge >= 0.3 is 0 Å². The Labute approximate surface area is 125 Å². The molecule has 0 heterocycles. The second kappa shape index (κ2) is 7.95. The Morgan fingerprint density at radius 3 is 2.71 bits per heavy atom. The molecule has 118 valence electrons. The molecule has 0 unspecified atom stereocenters. The first-order valence-corrected chi connectivity index (χ1v) is 7.00. The van der Waals surface area contributed by atoms with Crippen molar-refractivity contribution in [2.75, 3.05) is 25.6 Å². The van der Waals surface area contributed by atoms with Gasteiger partial charge in [0.05, 0.1) is 11.5 Å². The van der Waals surface area contributed by atoms with Crippen molar-refractivity contribution in [1.82, 2.24) is 0 Å². The van der Waals surface area contributed by atoms with E-state index in [0.29, 0.717) is 6.61 Å². The van der Waals surface area contributed by atoms with Gasteiger partial charge in [-0.25, -0.2) is 0 Å². The largest absolute Gasteiger partial charge is 0.396 e. The van der Waals surface area contributed by atoms with Crippen molar-refractivity contribution in [2.45, 2.75) is 33.3 Å². The van der Waals surface area contributed by atoms with Crippen LogP contribution in [-0.4, -0.2) is 30.3 Å². The summed E-state index contributed by atoms with van der Waals surface area (Å²) in [5, 5.41) is 23.3. The first-order chi connectivity index (χ1) is 9.89. The Bertz CT molecular complexity index is 475. The highest BCUT2D eigenvalue weighted by Crippen LogP contribution is 2.24. The van der Waals surface area contributed by atoms with Gasteiger partial charge in [-0.1, -0.05) is 13.8 Å². The quantitative estimate of drug-likeness (QED) is 0.416. The van der Waals surface area contributed by atoms with E-state index < -0.39 is 4.92 Å². The van der Waals surface area contributed by atoms with Crippen molar-refractivity contribution in [2.24, 2.45) is 5.41 Å². The number of rotatable bonds is 9. The maximum Gasteiger partial charge on any atom is 0.269 e. The van der Waals surface area contributed by atoms with Crippen molar-refractivity contribution < 1.29 is 14.8 Å². The van der Waals surface area contributed by atoms with Crippen LogP contribution in [0.1, 0.15) is 32.3 Å². The molecule has 6 nitrogen and oxygen atoms in total. The minimum atomic E-state index is -0.410. The molecule has 0 aliphatic carbocycles. The molecule has 0 aromatic heterocycles. The highest BCUT2D eigenvalue weighted by Gasteiger charge is 2.15. The molecule has 0 amide bonds. The van der Waals surface area contributed by atoms with Crippen LogP contribution in [-0.2, 0) is 11.3 Å². The third-order valence-electron chi connectivity index (χ3n) is 3.37. The summed E-state index contributed by atoms with van der Waals surface area (Å²) >= 11 is 0. The first kappa shape index (κ1) is 17.4. The van der Waals surface area contributed by atoms with Crippen LogP contribution in [0.25, 0.3) is 0 Å². The fraction of sp³-hybridized carbons (Fsp3) is 0.600. The predicted molar refractivity (Wildman–Crippen MR) is 82.4 cm³/mol. The predicted octanol–water partition coefficient (Wildman–Crippen LogP) is 2.95. The van der Waals surface area contributed by atoms with Gasteiger partial charge in [0, 0.05) is 43.6 Å². The minimum absolute atomic E-state index is 0.0639. The van der Waals surface area contributed by atoms with Crippen LogP contribution in [0.2, 0.25) is 0 Å². The van der Waals surface area contributed by atoms with Crippen LogP contribution >= 0.6 is 0 Å². The second-order valence-electron chi connectivity index (χ2n) is 5.88. The van der Waals surface area contributed by atoms with Gasteiger partial charge in [0.15, 0.2) is 0 Å². The van der Waals surface area contributed by atoms with Crippen molar-refractivity contribution in [3.8, 4) is 0 Å². The fourth-order valence-corrected chi connectivity index (χ4v) is 2.01. The molecule has 0 bridgehead atoms. The summed E-state index contributed by atoms with van der Waals surface area (Å²) in [4.78, 5) is 10.4. The molecule has 1 aromatic carbocycles. The number of hydrogen-bond donors (Lipinski definition) is 2. The molecule has 0 aliphatic heterocycles. The van der Waals surface area contributed by atoms with Gasteiger partial charge in [-0.2, -0.15) is 0 Å². The summed E-state index contributed by atoms with van der Waals surface area (Å²) in [7, 11) is 1.56. The van der Waals surface area contributed by atoms with Gasteiger partial charge < -0.3 is 15.2 Å². The van der Waals surface area contributed by atoms with Crippen LogP contribution in [0, 0.1) is 15.5 Å². The van der Waals surface area contributed by atoms with E-state index >= 15 is 0 Å². The Kier molecular flexibility index (Phi) is 6.58. The third-order valence-corrected chi connectivity index (χ3v) is 3.37. The molecule has 6 heteroatoms. The number of nitrogens with zero attached hydrogens (tertiary/aromatic N) is 1. The standard InChI is InChI=1S/C15H24N2O4/c1-15(2,11-18)7-4-8-16-14-6-5-13(17(19)20)9-12(14)10-21-3/h5-6,9,16,18H,4,7-8,10-11H2,1-3H3. The summed E-state index contributed by atoms with van der Waals surface area (Å²) in [6.45, 7) is 5.29. The van der Waals surface area contributed by atoms with Gasteiger partial charge in [0.1, 0.15) is 0 Å². The number of ether oxygens (including phenoxy) is 1. The summed E-state index contributed by atoms with van der Waals surface area (Å²) < 4.78 is 5.09. The van der Waals surface area contributed by atoms with E-state index in [1.807, 2.05) is 13.8 Å². The minimum Gasteiger partial charge on any atom is -0.396 e. The van der Waals surface area contributed by atoms with Crippen LogP contribution < -0.4 is 5.32 Å². The maximum absolute atomic E-state index is 10.8. The van der Waals surface area contributed by atoms with E-state index in [2.05, 4.69) is 5.32 Å². The molecule has 0 spiro atoms. The van der Waals surface area contributed by atoms with E-state index in [9.17, 15) is 15.2 Å². The SMILES string of the molecule is COCc1cc([N+](=O)[O-])ccc1NCCCC(C)(C)CO. The Morgan fingerprint density at radius 1 is 1.43 bits per heavy atom. The van der Waals surface area contributed by atoms with Crippen LogP contribution in [0.4, 0.5) is 11.4 Å². The lowest BCUT2D eigenvalue weighted by molar-refractivity contribution is -0.384. The smallest absolute Gasteiger partial charge is 0.269 e. The molecule has 0 saturated carbocycles. The summed E-state index contributed by atoms with van der Waals surface area (Å²) in [5.41, 5.74) is 1.61. The van der Waals surface area contributed by atoms with Crippen molar-refractivity contribution in [3.05, 3.63) is 33.9 Å². The number of anilines is 1. The third kappa shape index (κ3) is 5.69. The Morgan fingerprint density at radius 2 is 2.14 bits per heavy atom. The molecule has 0 aliphatic rings. The maximum atomic E-state index is 10.8. The number of nitro benzene ring substituents is 1. The van der Waals surface area contributed by atoms with E-state index in [4.69, 9.17) is 4.74 Å². The van der Waals surface area contributed by atoms with Crippen LogP contribution in [0.15, 0.2) is 18.2 Å². The van der Waals surface area contributed by atoms with Gasteiger partial charge in [0.25, 0.3) is 5.69 Å². The van der Waals surface area contributed by atoms with E-state index in [-0.39, 0.29) is 17.7 Å². The Balaban J connectivity index is 2.63. The van der Waals surface area contributed by atoms with Gasteiger partial charge in [-0.05, 0) is 24.3 Å². The molecule has 1 rings (SSSR count). The average Bonchev–Trinajstić information content (AvgIpc) is 2.45. The molecule has 0 fully saturated rings. The normalized spacial score (nSPS) is 11.4. The number of methoxy groups -OCH3 is 1. The number of aliphatic hydroxyl groups excluding tert-OH is 1. The zero-order chi connectivity index (χ0) is 15.9. The van der Waals surface area contributed by atoms with E-state index in [1.165, 1.54) is 12.1 Å². The number of nitrogens with one attached hydrogen (secondary N) is 1. The van der Waals surface area contributed by atoms with Crippen molar-refractivity contribution >= 4 is 11.4 Å². The topological polar surface area (TPSA) is 84.6 Å².